The minimum Gasteiger partial charge on any atom is -0.378 e. The van der Waals surface area contributed by atoms with E-state index in [1.165, 1.54) is 0 Å². The summed E-state index contributed by atoms with van der Waals surface area (Å²) in [4.78, 5) is 2.31. The van der Waals surface area contributed by atoms with Crippen molar-refractivity contribution in [1.29, 1.82) is 0 Å². The molecule has 0 rings (SSSR count). The highest BCUT2D eigenvalue weighted by Gasteiger charge is 2.36. The molecular weight excluding hydrogens is 234 g/mol. The average molecular weight is 271 g/mol. The quantitative estimate of drug-likeness (QED) is 0.710. The van der Waals surface area contributed by atoms with Crippen molar-refractivity contribution < 1.29 is 5.11 Å². The lowest BCUT2D eigenvalue weighted by atomic mass is 9.79. The van der Waals surface area contributed by atoms with Crippen LogP contribution in [0.3, 0.4) is 0 Å². The fourth-order valence-corrected chi connectivity index (χ4v) is 3.05. The molecule has 0 saturated carbocycles. The molecule has 0 spiro atoms. The molecule has 0 aromatic heterocycles. The smallest absolute Gasteiger partial charge is 0.107 e. The van der Waals surface area contributed by atoms with E-state index in [1.807, 2.05) is 0 Å². The number of nitrogens with zero attached hydrogens (tertiary/aromatic N) is 1. The van der Waals surface area contributed by atoms with E-state index < -0.39 is 0 Å². The van der Waals surface area contributed by atoms with Gasteiger partial charge in [-0.25, -0.2) is 0 Å². The topological polar surface area (TPSA) is 23.5 Å². The molecule has 0 heterocycles. The Morgan fingerprint density at radius 2 is 1.37 bits per heavy atom. The van der Waals surface area contributed by atoms with Crippen LogP contribution in [-0.2, 0) is 0 Å². The average Bonchev–Trinajstić information content (AvgIpc) is 2.08. The summed E-state index contributed by atoms with van der Waals surface area (Å²) in [7, 11) is 0. The maximum atomic E-state index is 10.5. The maximum absolute atomic E-state index is 10.5. The Balaban J connectivity index is 5.10. The van der Waals surface area contributed by atoms with E-state index >= 15 is 0 Å². The van der Waals surface area contributed by atoms with Crippen LogP contribution in [0.5, 0.6) is 0 Å². The van der Waals surface area contributed by atoms with Crippen molar-refractivity contribution in [1.82, 2.24) is 4.90 Å². The van der Waals surface area contributed by atoms with Gasteiger partial charge in [0.2, 0.25) is 0 Å². The molecule has 0 amide bonds. The summed E-state index contributed by atoms with van der Waals surface area (Å²) >= 11 is 0. The fourth-order valence-electron chi connectivity index (χ4n) is 3.05. The molecule has 116 valence electrons. The van der Waals surface area contributed by atoms with E-state index in [0.29, 0.717) is 0 Å². The first-order chi connectivity index (χ1) is 8.28. The van der Waals surface area contributed by atoms with E-state index in [0.717, 1.165) is 25.8 Å². The van der Waals surface area contributed by atoms with Gasteiger partial charge in [-0.05, 0) is 37.5 Å². The van der Waals surface area contributed by atoms with Gasteiger partial charge in [0.25, 0.3) is 0 Å². The summed E-state index contributed by atoms with van der Waals surface area (Å²) in [6.07, 6.45) is 2.62. The monoisotopic (exact) mass is 271 g/mol. The molecule has 0 aliphatic heterocycles. The second kappa shape index (κ2) is 6.58. The number of aliphatic hydroxyl groups is 1. The minimum absolute atomic E-state index is 0.0140. The molecule has 0 fully saturated rings. The molecular formula is C17H37NO. The predicted octanol–water partition coefficient (Wildman–Crippen LogP) is 4.67. The zero-order valence-corrected chi connectivity index (χ0v) is 14.8. The van der Waals surface area contributed by atoms with Gasteiger partial charge in [-0.1, -0.05) is 54.9 Å². The second-order valence-electron chi connectivity index (χ2n) is 9.01. The van der Waals surface area contributed by atoms with Crippen LogP contribution < -0.4 is 0 Å². The molecule has 0 aliphatic carbocycles. The van der Waals surface area contributed by atoms with Crippen LogP contribution in [-0.4, -0.2) is 28.3 Å². The van der Waals surface area contributed by atoms with Crippen LogP contribution >= 0.6 is 0 Å². The minimum atomic E-state index is -0.332. The van der Waals surface area contributed by atoms with Gasteiger partial charge in [-0.15, -0.1) is 0 Å². The third-order valence-corrected chi connectivity index (χ3v) is 3.29. The molecule has 1 unspecified atom stereocenters. The molecule has 2 heteroatoms. The Kier molecular flexibility index (Phi) is 6.55. The normalized spacial score (nSPS) is 15.9. The first-order valence-electron chi connectivity index (χ1n) is 7.73. The molecule has 1 atom stereocenters. The Morgan fingerprint density at radius 1 is 0.895 bits per heavy atom. The zero-order valence-electron chi connectivity index (χ0n) is 14.8. The summed E-state index contributed by atoms with van der Waals surface area (Å²) in [6.45, 7) is 21.1. The van der Waals surface area contributed by atoms with Crippen LogP contribution in [0.4, 0.5) is 0 Å². The Bertz CT molecular complexity index is 257. The lowest BCUT2D eigenvalue weighted by Crippen LogP contribution is -2.54. The van der Waals surface area contributed by atoms with Gasteiger partial charge in [0, 0.05) is 12.1 Å². The molecule has 0 radical (unpaired) electrons. The van der Waals surface area contributed by atoms with Gasteiger partial charge >= 0.3 is 0 Å². The lowest BCUT2D eigenvalue weighted by molar-refractivity contribution is -0.0885. The van der Waals surface area contributed by atoms with Crippen LogP contribution in [0.15, 0.2) is 0 Å². The first kappa shape index (κ1) is 18.9. The van der Waals surface area contributed by atoms with Gasteiger partial charge in [-0.2, -0.15) is 0 Å². The molecule has 0 aliphatic rings. The van der Waals surface area contributed by atoms with Crippen LogP contribution in [0, 0.1) is 10.8 Å². The van der Waals surface area contributed by atoms with Gasteiger partial charge in [0.1, 0.15) is 6.23 Å². The second-order valence-corrected chi connectivity index (χ2v) is 9.01. The van der Waals surface area contributed by atoms with Crippen LogP contribution in [0.25, 0.3) is 0 Å². The zero-order chi connectivity index (χ0) is 15.5. The van der Waals surface area contributed by atoms with Crippen molar-refractivity contribution in [2.75, 3.05) is 6.54 Å². The van der Waals surface area contributed by atoms with E-state index in [2.05, 4.69) is 67.2 Å². The highest BCUT2D eigenvalue weighted by molar-refractivity contribution is 4.89. The molecule has 0 aromatic rings. The SMILES string of the molecule is CCCC(O)N(CC(C)(C)C)C(C)(C)CC(C)(C)C. The summed E-state index contributed by atoms with van der Waals surface area (Å²) in [6, 6.07) is 0. The van der Waals surface area contributed by atoms with Crippen molar-refractivity contribution in [2.45, 2.75) is 93.3 Å². The summed E-state index contributed by atoms with van der Waals surface area (Å²) in [5.74, 6) is 0. The number of hydrogen-bond acceptors (Lipinski definition) is 2. The third-order valence-electron chi connectivity index (χ3n) is 3.29. The highest BCUT2D eigenvalue weighted by Crippen LogP contribution is 2.34. The van der Waals surface area contributed by atoms with Crippen molar-refractivity contribution in [2.24, 2.45) is 10.8 Å². The van der Waals surface area contributed by atoms with Crippen molar-refractivity contribution in [3.63, 3.8) is 0 Å². The first-order valence-corrected chi connectivity index (χ1v) is 7.73. The molecule has 0 bridgehead atoms. The van der Waals surface area contributed by atoms with Gasteiger partial charge < -0.3 is 5.11 Å². The standard InChI is InChI=1S/C17H37NO/c1-10-11-14(19)18(13-16(5,6)7)17(8,9)12-15(2,3)4/h14,19H,10-13H2,1-9H3. The summed E-state index contributed by atoms with van der Waals surface area (Å²) in [5.41, 5.74) is 0.482. The van der Waals surface area contributed by atoms with E-state index in [4.69, 9.17) is 0 Å². The Labute approximate surface area is 121 Å². The Hall–Kier alpha value is -0.0800. The number of hydrogen-bond donors (Lipinski definition) is 1. The number of aliphatic hydroxyl groups excluding tert-OH is 1. The van der Waals surface area contributed by atoms with Crippen molar-refractivity contribution in [3.8, 4) is 0 Å². The van der Waals surface area contributed by atoms with E-state index in [-0.39, 0.29) is 22.6 Å². The van der Waals surface area contributed by atoms with Crippen molar-refractivity contribution >= 4 is 0 Å². The lowest BCUT2D eigenvalue weighted by Gasteiger charge is -2.47. The summed E-state index contributed by atoms with van der Waals surface area (Å²) < 4.78 is 0. The van der Waals surface area contributed by atoms with Gasteiger partial charge in [0.15, 0.2) is 0 Å². The molecule has 1 N–H and O–H groups in total. The molecule has 2 nitrogen and oxygen atoms in total. The van der Waals surface area contributed by atoms with E-state index in [1.54, 1.807) is 0 Å². The summed E-state index contributed by atoms with van der Waals surface area (Å²) in [5, 5.41) is 10.5. The molecule has 19 heavy (non-hydrogen) atoms. The number of rotatable bonds is 6. The molecule has 0 saturated heterocycles. The largest absolute Gasteiger partial charge is 0.378 e. The van der Waals surface area contributed by atoms with E-state index in [9.17, 15) is 5.11 Å². The predicted molar refractivity (Wildman–Crippen MR) is 85.2 cm³/mol. The third kappa shape index (κ3) is 7.94. The fraction of sp³-hybridized carbons (Fsp3) is 1.00. The maximum Gasteiger partial charge on any atom is 0.107 e. The molecule has 0 aromatic carbocycles. The van der Waals surface area contributed by atoms with Crippen LogP contribution in [0.1, 0.15) is 81.6 Å². The van der Waals surface area contributed by atoms with Gasteiger partial charge in [0.05, 0.1) is 0 Å². The van der Waals surface area contributed by atoms with Crippen LogP contribution in [0.2, 0.25) is 0 Å². The van der Waals surface area contributed by atoms with Gasteiger partial charge in [-0.3, -0.25) is 4.90 Å². The van der Waals surface area contributed by atoms with Crippen molar-refractivity contribution in [3.05, 3.63) is 0 Å². The Morgan fingerprint density at radius 3 is 1.68 bits per heavy atom. The highest BCUT2D eigenvalue weighted by atomic mass is 16.3.